The Morgan fingerprint density at radius 2 is 1.83 bits per heavy atom. The Morgan fingerprint density at radius 1 is 1.17 bits per heavy atom. The van der Waals surface area contributed by atoms with E-state index in [4.69, 9.17) is 11.6 Å². The van der Waals surface area contributed by atoms with Crippen molar-refractivity contribution in [3.05, 3.63) is 34.9 Å². The third-order valence-corrected chi connectivity index (χ3v) is 5.52. The summed E-state index contributed by atoms with van der Waals surface area (Å²) in [6, 6.07) is 3.81. The number of rotatable bonds is 9. The molecule has 0 radical (unpaired) electrons. The molecule has 1 heterocycles. The topological polar surface area (TPSA) is 128 Å². The van der Waals surface area contributed by atoms with Crippen molar-refractivity contribution in [2.45, 2.75) is 50.1 Å². The van der Waals surface area contributed by atoms with E-state index in [0.29, 0.717) is 11.4 Å². The van der Waals surface area contributed by atoms with Crippen LogP contribution in [0.5, 0.6) is 0 Å². The Morgan fingerprint density at radius 3 is 2.44 bits per heavy atom. The Labute approximate surface area is 207 Å². The van der Waals surface area contributed by atoms with Crippen LogP contribution < -0.4 is 16.0 Å². The molecule has 0 saturated carbocycles. The van der Waals surface area contributed by atoms with Crippen LogP contribution in [0.1, 0.15) is 30.1 Å². The lowest BCUT2D eigenvalue weighted by Gasteiger charge is -2.28. The molecular formula is C21H24ClF5N4O5. The van der Waals surface area contributed by atoms with Crippen molar-refractivity contribution < 1.29 is 46.2 Å². The summed E-state index contributed by atoms with van der Waals surface area (Å²) < 4.78 is 64.2. The number of hydrogen-bond acceptors (Lipinski definition) is 5. The summed E-state index contributed by atoms with van der Waals surface area (Å²) in [4.78, 5) is 50.2. The van der Waals surface area contributed by atoms with Crippen LogP contribution in [0.15, 0.2) is 24.3 Å². The minimum atomic E-state index is -4.94. The molecule has 1 aliphatic rings. The van der Waals surface area contributed by atoms with Gasteiger partial charge in [-0.15, -0.1) is 0 Å². The minimum Gasteiger partial charge on any atom is -0.384 e. The van der Waals surface area contributed by atoms with E-state index in [9.17, 15) is 46.2 Å². The Bertz CT molecular complexity index is 994. The van der Waals surface area contributed by atoms with Crippen LogP contribution in [0, 0.1) is 0 Å². The van der Waals surface area contributed by atoms with Crippen LogP contribution in [0.2, 0.25) is 5.02 Å². The summed E-state index contributed by atoms with van der Waals surface area (Å²) in [6.07, 6.45) is -7.22. The summed E-state index contributed by atoms with van der Waals surface area (Å²) in [7, 11) is 0. The van der Waals surface area contributed by atoms with Gasteiger partial charge in [0.25, 0.3) is 11.8 Å². The second kappa shape index (κ2) is 11.8. The highest BCUT2D eigenvalue weighted by Crippen LogP contribution is 2.22. The van der Waals surface area contributed by atoms with Gasteiger partial charge in [0.1, 0.15) is 24.7 Å². The number of likely N-dealkylation sites (tertiary alicyclic amines) is 1. The SMILES string of the molecule is CC(NC(=O)c1cccc(Cl)c1)C(=O)N1CCCC1C(=O)NCC(O)C(F)(F)C(=O)NCC(F)(F)F. The summed E-state index contributed by atoms with van der Waals surface area (Å²) in [5.74, 6) is -9.11. The highest BCUT2D eigenvalue weighted by Gasteiger charge is 2.48. The van der Waals surface area contributed by atoms with E-state index in [0.717, 1.165) is 10.2 Å². The number of alkyl halides is 5. The predicted molar refractivity (Wildman–Crippen MR) is 116 cm³/mol. The maximum absolute atomic E-state index is 13.9. The second-order valence-electron chi connectivity index (χ2n) is 8.08. The maximum atomic E-state index is 13.9. The van der Waals surface area contributed by atoms with Gasteiger partial charge >= 0.3 is 12.1 Å². The highest BCUT2D eigenvalue weighted by atomic mass is 35.5. The molecule has 1 fully saturated rings. The number of carbonyl (C=O) groups is 4. The second-order valence-corrected chi connectivity index (χ2v) is 8.51. The van der Waals surface area contributed by atoms with E-state index >= 15 is 0 Å². The number of aliphatic hydroxyl groups excluding tert-OH is 1. The van der Waals surface area contributed by atoms with Crippen molar-refractivity contribution in [3.8, 4) is 0 Å². The zero-order valence-corrected chi connectivity index (χ0v) is 19.6. The zero-order chi connectivity index (χ0) is 27.3. The van der Waals surface area contributed by atoms with Crippen molar-refractivity contribution in [2.24, 2.45) is 0 Å². The average Bonchev–Trinajstić information content (AvgIpc) is 3.29. The molecule has 4 N–H and O–H groups in total. The number of aliphatic hydroxyl groups is 1. The fourth-order valence-corrected chi connectivity index (χ4v) is 3.61. The van der Waals surface area contributed by atoms with Crippen molar-refractivity contribution in [2.75, 3.05) is 19.6 Å². The van der Waals surface area contributed by atoms with Gasteiger partial charge in [0.05, 0.1) is 6.54 Å². The summed E-state index contributed by atoms with van der Waals surface area (Å²) in [5.41, 5.74) is 0.201. The third-order valence-electron chi connectivity index (χ3n) is 5.28. The first-order valence-electron chi connectivity index (χ1n) is 10.7. The normalized spacial score (nSPS) is 17.8. The first-order chi connectivity index (χ1) is 16.6. The molecule has 0 bridgehead atoms. The molecule has 1 aromatic carbocycles. The van der Waals surface area contributed by atoms with Gasteiger partial charge in [-0.1, -0.05) is 17.7 Å². The lowest BCUT2D eigenvalue weighted by Crippen LogP contribution is -2.56. The number of halogens is 6. The molecule has 2 rings (SSSR count). The number of nitrogens with one attached hydrogen (secondary N) is 3. The number of carbonyl (C=O) groups excluding carboxylic acids is 4. The lowest BCUT2D eigenvalue weighted by atomic mass is 10.1. The van der Waals surface area contributed by atoms with Gasteiger partial charge in [-0.05, 0) is 38.0 Å². The fourth-order valence-electron chi connectivity index (χ4n) is 3.42. The molecular weight excluding hydrogens is 519 g/mol. The van der Waals surface area contributed by atoms with E-state index in [1.165, 1.54) is 19.1 Å². The molecule has 9 nitrogen and oxygen atoms in total. The standard InChI is InChI=1S/C21H24ClF5N4O5/c1-11(30-16(33)12-4-2-5-13(22)8-12)18(35)31-7-3-6-14(31)17(34)28-9-15(32)21(26,27)19(36)29-10-20(23,24)25/h2,4-5,8,11,14-15,32H,3,6-7,9-10H2,1H3,(H,28,34)(H,29,36)(H,30,33). The van der Waals surface area contributed by atoms with Crippen molar-refractivity contribution in [1.82, 2.24) is 20.9 Å². The van der Waals surface area contributed by atoms with E-state index in [1.54, 1.807) is 12.1 Å². The molecule has 1 aromatic rings. The molecule has 200 valence electrons. The van der Waals surface area contributed by atoms with Crippen LogP contribution in [0.3, 0.4) is 0 Å². The summed E-state index contributed by atoms with van der Waals surface area (Å²) >= 11 is 5.84. The van der Waals surface area contributed by atoms with Crippen molar-refractivity contribution in [1.29, 1.82) is 0 Å². The molecule has 0 aliphatic carbocycles. The van der Waals surface area contributed by atoms with Gasteiger partial charge in [0.15, 0.2) is 0 Å². The van der Waals surface area contributed by atoms with E-state index in [-0.39, 0.29) is 18.5 Å². The Hall–Kier alpha value is -3.00. The maximum Gasteiger partial charge on any atom is 0.405 e. The fraction of sp³-hybridized carbons (Fsp3) is 0.524. The Kier molecular flexibility index (Phi) is 9.60. The van der Waals surface area contributed by atoms with E-state index < -0.39 is 67.0 Å². The Balaban J connectivity index is 1.93. The van der Waals surface area contributed by atoms with Gasteiger partial charge in [0.2, 0.25) is 11.8 Å². The molecule has 4 amide bonds. The largest absolute Gasteiger partial charge is 0.405 e. The smallest absolute Gasteiger partial charge is 0.384 e. The summed E-state index contributed by atoms with van der Waals surface area (Å²) in [5, 5.41) is 15.4. The van der Waals surface area contributed by atoms with Gasteiger partial charge in [-0.25, -0.2) is 0 Å². The van der Waals surface area contributed by atoms with E-state index in [1.807, 2.05) is 5.32 Å². The minimum absolute atomic E-state index is 0.132. The third kappa shape index (κ3) is 7.75. The van der Waals surface area contributed by atoms with Crippen molar-refractivity contribution in [3.63, 3.8) is 0 Å². The van der Waals surface area contributed by atoms with Crippen LogP contribution in [-0.4, -0.2) is 83.6 Å². The average molecular weight is 543 g/mol. The molecule has 3 atom stereocenters. The quantitative estimate of drug-likeness (QED) is 0.349. The number of benzene rings is 1. The zero-order valence-electron chi connectivity index (χ0n) is 18.9. The first kappa shape index (κ1) is 29.2. The van der Waals surface area contributed by atoms with Gasteiger partial charge in [-0.2, -0.15) is 22.0 Å². The van der Waals surface area contributed by atoms with Gasteiger partial charge in [-0.3, -0.25) is 19.2 Å². The van der Waals surface area contributed by atoms with Crippen LogP contribution in [0.4, 0.5) is 22.0 Å². The lowest BCUT2D eigenvalue weighted by molar-refractivity contribution is -0.169. The van der Waals surface area contributed by atoms with Gasteiger partial charge in [0, 0.05) is 17.1 Å². The molecule has 3 unspecified atom stereocenters. The molecule has 36 heavy (non-hydrogen) atoms. The van der Waals surface area contributed by atoms with Gasteiger partial charge < -0.3 is 26.0 Å². The number of nitrogens with zero attached hydrogens (tertiary/aromatic N) is 1. The van der Waals surface area contributed by atoms with E-state index in [2.05, 4.69) is 5.32 Å². The number of amides is 4. The predicted octanol–water partition coefficient (Wildman–Crippen LogP) is 1.24. The number of hydrogen-bond donors (Lipinski definition) is 4. The highest BCUT2D eigenvalue weighted by molar-refractivity contribution is 6.31. The van der Waals surface area contributed by atoms with Crippen molar-refractivity contribution >= 4 is 35.2 Å². The molecule has 0 spiro atoms. The monoisotopic (exact) mass is 542 g/mol. The molecule has 1 aliphatic heterocycles. The van der Waals surface area contributed by atoms with Crippen LogP contribution in [-0.2, 0) is 14.4 Å². The molecule has 1 saturated heterocycles. The molecule has 0 aromatic heterocycles. The molecule has 15 heteroatoms. The summed E-state index contributed by atoms with van der Waals surface area (Å²) in [6.45, 7) is -1.66. The first-order valence-corrected chi connectivity index (χ1v) is 11.1. The van der Waals surface area contributed by atoms with Crippen LogP contribution in [0.25, 0.3) is 0 Å². The van der Waals surface area contributed by atoms with Crippen LogP contribution >= 0.6 is 11.6 Å².